The molecule has 0 fully saturated rings. The Balaban J connectivity index is 1.87. The van der Waals surface area contributed by atoms with E-state index in [4.69, 9.17) is 27.9 Å². The summed E-state index contributed by atoms with van der Waals surface area (Å²) in [4.78, 5) is 0. The minimum Gasteiger partial charge on any atom is -0.489 e. The molecule has 0 saturated heterocycles. The second-order valence-electron chi connectivity index (χ2n) is 6.03. The predicted molar refractivity (Wildman–Crippen MR) is 98.4 cm³/mol. The first kappa shape index (κ1) is 18.1. The van der Waals surface area contributed by atoms with E-state index in [0.29, 0.717) is 16.7 Å². The van der Waals surface area contributed by atoms with Crippen molar-refractivity contribution in [2.75, 3.05) is 6.54 Å². The first-order chi connectivity index (χ1) is 11.0. The first-order valence-electron chi connectivity index (χ1n) is 7.91. The molecule has 0 amide bonds. The summed E-state index contributed by atoms with van der Waals surface area (Å²) in [6.07, 6.45) is 1.19. The topological polar surface area (TPSA) is 21.3 Å². The van der Waals surface area contributed by atoms with Gasteiger partial charge in [0.15, 0.2) is 0 Å². The molecule has 1 N–H and O–H groups in total. The highest BCUT2D eigenvalue weighted by Crippen LogP contribution is 2.23. The molecule has 2 aromatic rings. The SMILES string of the molecule is CC(C)CCNCc1cccc(OCc2ccc(Cl)cc2Cl)c1. The smallest absolute Gasteiger partial charge is 0.120 e. The van der Waals surface area contributed by atoms with Crippen molar-refractivity contribution in [3.05, 3.63) is 63.6 Å². The lowest BCUT2D eigenvalue weighted by molar-refractivity contribution is 0.306. The van der Waals surface area contributed by atoms with Crippen LogP contribution in [-0.2, 0) is 13.2 Å². The Morgan fingerprint density at radius 2 is 1.91 bits per heavy atom. The van der Waals surface area contributed by atoms with Gasteiger partial charge in [0.2, 0.25) is 0 Å². The van der Waals surface area contributed by atoms with Gasteiger partial charge in [0.05, 0.1) is 0 Å². The maximum Gasteiger partial charge on any atom is 0.120 e. The normalized spacial score (nSPS) is 11.0. The molecular weight excluding hydrogens is 329 g/mol. The second-order valence-corrected chi connectivity index (χ2v) is 6.87. The molecule has 0 bridgehead atoms. The molecule has 124 valence electrons. The van der Waals surface area contributed by atoms with Crippen molar-refractivity contribution >= 4 is 23.2 Å². The summed E-state index contributed by atoms with van der Waals surface area (Å²) in [6.45, 7) is 6.78. The Morgan fingerprint density at radius 1 is 1.09 bits per heavy atom. The van der Waals surface area contributed by atoms with Gasteiger partial charge < -0.3 is 10.1 Å². The van der Waals surface area contributed by atoms with Crippen molar-refractivity contribution in [3.8, 4) is 5.75 Å². The molecule has 2 aromatic carbocycles. The van der Waals surface area contributed by atoms with Crippen molar-refractivity contribution in [3.63, 3.8) is 0 Å². The number of hydrogen-bond acceptors (Lipinski definition) is 2. The number of halogens is 2. The Bertz CT molecular complexity index is 629. The monoisotopic (exact) mass is 351 g/mol. The zero-order valence-electron chi connectivity index (χ0n) is 13.6. The Labute approximate surface area is 148 Å². The summed E-state index contributed by atoms with van der Waals surface area (Å²) in [6, 6.07) is 13.6. The molecule has 4 heteroatoms. The van der Waals surface area contributed by atoms with Crippen LogP contribution in [0.1, 0.15) is 31.4 Å². The van der Waals surface area contributed by atoms with Crippen LogP contribution in [-0.4, -0.2) is 6.54 Å². The van der Waals surface area contributed by atoms with Gasteiger partial charge in [-0.3, -0.25) is 0 Å². The second kappa shape index (κ2) is 9.17. The summed E-state index contributed by atoms with van der Waals surface area (Å²) in [5.41, 5.74) is 2.14. The van der Waals surface area contributed by atoms with Crippen LogP contribution in [0.5, 0.6) is 5.75 Å². The van der Waals surface area contributed by atoms with Gasteiger partial charge >= 0.3 is 0 Å². The molecule has 0 saturated carbocycles. The maximum absolute atomic E-state index is 6.16. The van der Waals surface area contributed by atoms with Crippen molar-refractivity contribution in [1.29, 1.82) is 0 Å². The number of nitrogens with one attached hydrogen (secondary N) is 1. The molecule has 2 rings (SSSR count). The number of rotatable bonds is 8. The molecule has 0 aliphatic heterocycles. The van der Waals surface area contributed by atoms with Crippen molar-refractivity contribution in [2.24, 2.45) is 5.92 Å². The third-order valence-electron chi connectivity index (χ3n) is 3.54. The largest absolute Gasteiger partial charge is 0.489 e. The fraction of sp³-hybridized carbons (Fsp3) is 0.368. The van der Waals surface area contributed by atoms with Crippen LogP contribution in [0.15, 0.2) is 42.5 Å². The molecule has 0 spiro atoms. The van der Waals surface area contributed by atoms with E-state index in [1.165, 1.54) is 12.0 Å². The third kappa shape index (κ3) is 6.42. The lowest BCUT2D eigenvalue weighted by atomic mass is 10.1. The molecule has 0 unspecified atom stereocenters. The van der Waals surface area contributed by atoms with E-state index in [0.717, 1.165) is 30.3 Å². The summed E-state index contributed by atoms with van der Waals surface area (Å²) >= 11 is 12.1. The average Bonchev–Trinajstić information content (AvgIpc) is 2.51. The van der Waals surface area contributed by atoms with E-state index in [2.05, 4.69) is 31.3 Å². The molecule has 0 aliphatic rings. The van der Waals surface area contributed by atoms with Crippen LogP contribution in [0.2, 0.25) is 10.0 Å². The lowest BCUT2D eigenvalue weighted by Crippen LogP contribution is -2.16. The van der Waals surface area contributed by atoms with E-state index in [9.17, 15) is 0 Å². The standard InChI is InChI=1S/C19H23Cl2NO/c1-14(2)8-9-22-12-15-4-3-5-18(10-15)23-13-16-6-7-17(20)11-19(16)21/h3-7,10-11,14,22H,8-9,12-13H2,1-2H3. The van der Waals surface area contributed by atoms with Crippen LogP contribution in [0.3, 0.4) is 0 Å². The van der Waals surface area contributed by atoms with Gasteiger partial charge in [0.25, 0.3) is 0 Å². The van der Waals surface area contributed by atoms with Crippen molar-refractivity contribution in [1.82, 2.24) is 5.32 Å². The van der Waals surface area contributed by atoms with E-state index in [1.54, 1.807) is 6.07 Å². The molecule has 0 radical (unpaired) electrons. The molecular formula is C19H23Cl2NO. The average molecular weight is 352 g/mol. The zero-order chi connectivity index (χ0) is 16.7. The van der Waals surface area contributed by atoms with Gasteiger partial charge in [0, 0.05) is 22.2 Å². The Morgan fingerprint density at radius 3 is 2.65 bits per heavy atom. The highest BCUT2D eigenvalue weighted by Gasteiger charge is 2.03. The Hall–Kier alpha value is -1.22. The summed E-state index contributed by atoms with van der Waals surface area (Å²) < 4.78 is 5.84. The zero-order valence-corrected chi connectivity index (χ0v) is 15.1. The summed E-state index contributed by atoms with van der Waals surface area (Å²) in [7, 11) is 0. The van der Waals surface area contributed by atoms with Crippen LogP contribution >= 0.6 is 23.2 Å². The van der Waals surface area contributed by atoms with Crippen LogP contribution < -0.4 is 10.1 Å². The molecule has 23 heavy (non-hydrogen) atoms. The summed E-state index contributed by atoms with van der Waals surface area (Å²) in [5.74, 6) is 1.57. The van der Waals surface area contributed by atoms with E-state index < -0.39 is 0 Å². The minimum atomic E-state index is 0.431. The highest BCUT2D eigenvalue weighted by atomic mass is 35.5. The van der Waals surface area contributed by atoms with Gasteiger partial charge in [-0.1, -0.05) is 55.2 Å². The molecule has 0 heterocycles. The van der Waals surface area contributed by atoms with E-state index in [-0.39, 0.29) is 0 Å². The van der Waals surface area contributed by atoms with Gasteiger partial charge in [-0.2, -0.15) is 0 Å². The van der Waals surface area contributed by atoms with Gasteiger partial charge in [-0.15, -0.1) is 0 Å². The molecule has 2 nitrogen and oxygen atoms in total. The van der Waals surface area contributed by atoms with Crippen LogP contribution in [0.25, 0.3) is 0 Å². The van der Waals surface area contributed by atoms with Crippen LogP contribution in [0.4, 0.5) is 0 Å². The molecule has 0 atom stereocenters. The predicted octanol–water partition coefficient (Wildman–Crippen LogP) is 5.71. The highest BCUT2D eigenvalue weighted by molar-refractivity contribution is 6.35. The van der Waals surface area contributed by atoms with Gasteiger partial charge in [-0.05, 0) is 48.7 Å². The van der Waals surface area contributed by atoms with Crippen LogP contribution in [0, 0.1) is 5.92 Å². The molecule has 0 aromatic heterocycles. The van der Waals surface area contributed by atoms with Crippen molar-refractivity contribution < 1.29 is 4.74 Å². The lowest BCUT2D eigenvalue weighted by Gasteiger charge is -2.11. The quantitative estimate of drug-likeness (QED) is 0.615. The first-order valence-corrected chi connectivity index (χ1v) is 8.66. The fourth-order valence-corrected chi connectivity index (χ4v) is 2.63. The third-order valence-corrected chi connectivity index (χ3v) is 4.12. The fourth-order valence-electron chi connectivity index (χ4n) is 2.17. The number of benzene rings is 2. The Kier molecular flexibility index (Phi) is 7.22. The minimum absolute atomic E-state index is 0.431. The summed E-state index contributed by atoms with van der Waals surface area (Å²) in [5, 5.41) is 4.72. The van der Waals surface area contributed by atoms with Gasteiger partial charge in [0.1, 0.15) is 12.4 Å². The van der Waals surface area contributed by atoms with Crippen molar-refractivity contribution in [2.45, 2.75) is 33.4 Å². The molecule has 0 aliphatic carbocycles. The van der Waals surface area contributed by atoms with E-state index in [1.807, 2.05) is 24.3 Å². The number of hydrogen-bond donors (Lipinski definition) is 1. The maximum atomic E-state index is 6.16. The number of ether oxygens (including phenoxy) is 1. The van der Waals surface area contributed by atoms with Gasteiger partial charge in [-0.25, -0.2) is 0 Å². The van der Waals surface area contributed by atoms with E-state index >= 15 is 0 Å².